The molecule has 1 aliphatic carbocycles. The molecule has 100 valence electrons. The minimum Gasteiger partial charge on any atom is -0.451 e. The lowest BCUT2D eigenvalue weighted by Crippen LogP contribution is -2.34. The lowest BCUT2D eigenvalue weighted by molar-refractivity contribution is 0.0907. The Balaban J connectivity index is 1.72. The van der Waals surface area contributed by atoms with Crippen LogP contribution in [-0.2, 0) is 0 Å². The van der Waals surface area contributed by atoms with E-state index in [0.717, 1.165) is 23.8 Å². The van der Waals surface area contributed by atoms with Crippen LogP contribution >= 0.6 is 0 Å². The summed E-state index contributed by atoms with van der Waals surface area (Å²) >= 11 is 0. The van der Waals surface area contributed by atoms with Gasteiger partial charge in [0.25, 0.3) is 5.91 Å². The van der Waals surface area contributed by atoms with Gasteiger partial charge in [0.05, 0.1) is 0 Å². The predicted octanol–water partition coefficient (Wildman–Crippen LogP) is 3.89. The third-order valence-electron chi connectivity index (χ3n) is 3.84. The first kappa shape index (κ1) is 12.3. The van der Waals surface area contributed by atoms with Gasteiger partial charge in [-0.25, -0.2) is 0 Å². The van der Waals surface area contributed by atoms with Crippen LogP contribution in [0.5, 0.6) is 0 Å². The summed E-state index contributed by atoms with van der Waals surface area (Å²) in [5.41, 5.74) is 0.772. The number of fused-ring (bicyclic) bond motifs is 1. The van der Waals surface area contributed by atoms with Crippen molar-refractivity contribution in [3.8, 4) is 0 Å². The van der Waals surface area contributed by atoms with Crippen LogP contribution in [0.1, 0.15) is 49.1 Å². The van der Waals surface area contributed by atoms with E-state index in [2.05, 4.69) is 5.32 Å². The van der Waals surface area contributed by atoms with Gasteiger partial charge in [-0.2, -0.15) is 0 Å². The Kier molecular flexibility index (Phi) is 3.53. The molecule has 1 aliphatic rings. The van der Waals surface area contributed by atoms with E-state index in [0.29, 0.717) is 11.8 Å². The number of para-hydroxylation sites is 1. The van der Waals surface area contributed by atoms with Crippen LogP contribution in [0.25, 0.3) is 11.0 Å². The smallest absolute Gasteiger partial charge is 0.287 e. The highest BCUT2D eigenvalue weighted by Crippen LogP contribution is 2.20. The predicted molar refractivity (Wildman–Crippen MR) is 75.2 cm³/mol. The number of rotatable bonds is 2. The molecule has 1 fully saturated rings. The normalized spacial score (nSPS) is 17.3. The van der Waals surface area contributed by atoms with E-state index < -0.39 is 0 Å². The largest absolute Gasteiger partial charge is 0.451 e. The number of benzene rings is 1. The van der Waals surface area contributed by atoms with Crippen molar-refractivity contribution >= 4 is 16.9 Å². The number of carbonyl (C=O) groups is 1. The Hall–Kier alpha value is -1.77. The summed E-state index contributed by atoms with van der Waals surface area (Å²) < 4.78 is 5.59. The first-order valence-electron chi connectivity index (χ1n) is 7.12. The number of hydrogen-bond acceptors (Lipinski definition) is 2. The molecule has 1 saturated carbocycles. The van der Waals surface area contributed by atoms with Gasteiger partial charge in [0, 0.05) is 11.4 Å². The van der Waals surface area contributed by atoms with Gasteiger partial charge < -0.3 is 9.73 Å². The number of carbonyl (C=O) groups excluding carboxylic acids is 1. The molecule has 19 heavy (non-hydrogen) atoms. The van der Waals surface area contributed by atoms with Gasteiger partial charge in [0.2, 0.25) is 0 Å². The maximum absolute atomic E-state index is 12.2. The van der Waals surface area contributed by atoms with Crippen LogP contribution in [0.15, 0.2) is 34.7 Å². The molecule has 0 aliphatic heterocycles. The van der Waals surface area contributed by atoms with Crippen molar-refractivity contribution in [2.75, 3.05) is 0 Å². The van der Waals surface area contributed by atoms with E-state index in [1.54, 1.807) is 0 Å². The van der Waals surface area contributed by atoms with Gasteiger partial charge in [-0.15, -0.1) is 0 Å². The molecule has 1 amide bonds. The van der Waals surface area contributed by atoms with Crippen molar-refractivity contribution in [3.05, 3.63) is 36.1 Å². The standard InChI is InChI=1S/C16H19NO2/c18-16(17-13-8-3-1-2-4-9-13)15-11-12-7-5-6-10-14(12)19-15/h5-7,10-11,13H,1-4,8-9H2,(H,17,18). The van der Waals surface area contributed by atoms with Crippen LogP contribution in [-0.4, -0.2) is 11.9 Å². The Labute approximate surface area is 113 Å². The second-order valence-corrected chi connectivity index (χ2v) is 5.31. The van der Waals surface area contributed by atoms with E-state index in [-0.39, 0.29) is 5.91 Å². The molecule has 1 aromatic carbocycles. The van der Waals surface area contributed by atoms with Gasteiger partial charge in [-0.1, -0.05) is 43.9 Å². The van der Waals surface area contributed by atoms with Crippen molar-refractivity contribution in [1.29, 1.82) is 0 Å². The van der Waals surface area contributed by atoms with Crippen molar-refractivity contribution in [1.82, 2.24) is 5.32 Å². The topological polar surface area (TPSA) is 42.2 Å². The summed E-state index contributed by atoms with van der Waals surface area (Å²) in [7, 11) is 0. The molecule has 3 heteroatoms. The van der Waals surface area contributed by atoms with Crippen LogP contribution < -0.4 is 5.32 Å². The monoisotopic (exact) mass is 257 g/mol. The number of furan rings is 1. The summed E-state index contributed by atoms with van der Waals surface area (Å²) in [5.74, 6) is 0.341. The van der Waals surface area contributed by atoms with E-state index in [9.17, 15) is 4.79 Å². The molecule has 0 bridgehead atoms. The highest BCUT2D eigenvalue weighted by atomic mass is 16.3. The van der Waals surface area contributed by atoms with Crippen molar-refractivity contribution in [3.63, 3.8) is 0 Å². The average molecular weight is 257 g/mol. The van der Waals surface area contributed by atoms with E-state index >= 15 is 0 Å². The van der Waals surface area contributed by atoms with Crippen molar-refractivity contribution in [2.24, 2.45) is 0 Å². The first-order valence-corrected chi connectivity index (χ1v) is 7.12. The SMILES string of the molecule is O=C(NC1CCCCCC1)c1cc2ccccc2o1. The molecule has 1 N–H and O–H groups in total. The molecule has 3 nitrogen and oxygen atoms in total. The lowest BCUT2D eigenvalue weighted by atomic mass is 10.1. The maximum Gasteiger partial charge on any atom is 0.287 e. The quantitative estimate of drug-likeness (QED) is 0.829. The Morgan fingerprint density at radius 3 is 2.58 bits per heavy atom. The van der Waals surface area contributed by atoms with Crippen LogP contribution in [0.2, 0.25) is 0 Å². The molecule has 0 spiro atoms. The third kappa shape index (κ3) is 2.80. The lowest BCUT2D eigenvalue weighted by Gasteiger charge is -2.14. The highest BCUT2D eigenvalue weighted by molar-refractivity contribution is 5.96. The first-order chi connectivity index (χ1) is 9.33. The zero-order chi connectivity index (χ0) is 13.1. The Morgan fingerprint density at radius 1 is 1.11 bits per heavy atom. The second-order valence-electron chi connectivity index (χ2n) is 5.31. The molecular weight excluding hydrogens is 238 g/mol. The summed E-state index contributed by atoms with van der Waals surface area (Å²) in [5, 5.41) is 4.08. The third-order valence-corrected chi connectivity index (χ3v) is 3.84. The van der Waals surface area contributed by atoms with Gasteiger partial charge in [0.15, 0.2) is 5.76 Å². The van der Waals surface area contributed by atoms with Crippen molar-refractivity contribution < 1.29 is 9.21 Å². The molecule has 0 radical (unpaired) electrons. The fourth-order valence-corrected chi connectivity index (χ4v) is 2.77. The zero-order valence-corrected chi connectivity index (χ0v) is 11.0. The van der Waals surface area contributed by atoms with E-state index in [4.69, 9.17) is 4.42 Å². The van der Waals surface area contributed by atoms with E-state index in [1.165, 1.54) is 25.7 Å². The highest BCUT2D eigenvalue weighted by Gasteiger charge is 2.18. The Bertz CT molecular complexity index is 532. The molecule has 0 atom stereocenters. The molecule has 1 aromatic heterocycles. The molecule has 3 rings (SSSR count). The fourth-order valence-electron chi connectivity index (χ4n) is 2.77. The van der Waals surface area contributed by atoms with Crippen LogP contribution in [0.4, 0.5) is 0 Å². The number of amides is 1. The maximum atomic E-state index is 12.2. The zero-order valence-electron chi connectivity index (χ0n) is 11.0. The molecule has 0 unspecified atom stereocenters. The summed E-state index contributed by atoms with van der Waals surface area (Å²) in [4.78, 5) is 12.2. The number of hydrogen-bond donors (Lipinski definition) is 1. The summed E-state index contributed by atoms with van der Waals surface area (Å²) in [6.45, 7) is 0. The van der Waals surface area contributed by atoms with Gasteiger partial charge in [-0.05, 0) is 25.0 Å². The molecule has 0 saturated heterocycles. The minimum atomic E-state index is -0.0805. The van der Waals surface area contributed by atoms with Crippen molar-refractivity contribution in [2.45, 2.75) is 44.6 Å². The van der Waals surface area contributed by atoms with Gasteiger partial charge in [-0.3, -0.25) is 4.79 Å². The average Bonchev–Trinajstić information content (AvgIpc) is 2.70. The van der Waals surface area contributed by atoms with E-state index in [1.807, 2.05) is 30.3 Å². The minimum absolute atomic E-state index is 0.0805. The summed E-state index contributed by atoms with van der Waals surface area (Å²) in [6, 6.07) is 9.84. The second kappa shape index (κ2) is 5.47. The fraction of sp³-hybridized carbons (Fsp3) is 0.438. The van der Waals surface area contributed by atoms with Gasteiger partial charge in [0.1, 0.15) is 5.58 Å². The molecule has 1 heterocycles. The summed E-state index contributed by atoms with van der Waals surface area (Å²) in [6.07, 6.45) is 7.18. The molecular formula is C16H19NO2. The number of nitrogens with one attached hydrogen (secondary N) is 1. The van der Waals surface area contributed by atoms with Gasteiger partial charge >= 0.3 is 0 Å². The van der Waals surface area contributed by atoms with Crippen LogP contribution in [0.3, 0.4) is 0 Å². The Morgan fingerprint density at radius 2 is 1.84 bits per heavy atom. The van der Waals surface area contributed by atoms with Crippen LogP contribution in [0, 0.1) is 0 Å². The molecule has 2 aromatic rings.